The monoisotopic (exact) mass is 280 g/mol. The molecule has 0 aromatic rings. The lowest BCUT2D eigenvalue weighted by molar-refractivity contribution is 0.256. The molecule has 0 fully saturated rings. The van der Waals surface area contributed by atoms with Gasteiger partial charge in [0.2, 0.25) is 0 Å². The molecule has 0 aromatic carbocycles. The van der Waals surface area contributed by atoms with Crippen LogP contribution in [0.5, 0.6) is 0 Å². The zero-order chi connectivity index (χ0) is 15.9. The first-order valence-electron chi connectivity index (χ1n) is 8.82. The standard InChI is InChI=1S/C20H40/c1-14(2)18(7)13-19(8)16(5)11-10-12-17(6)20(9)15(3)4/h15-20H,1,10-13H2,2-9H3. The van der Waals surface area contributed by atoms with Crippen molar-refractivity contribution in [3.63, 3.8) is 0 Å². The fraction of sp³-hybridized carbons (Fsp3) is 0.900. The van der Waals surface area contributed by atoms with Crippen LogP contribution in [0, 0.1) is 35.5 Å². The Kier molecular flexibility index (Phi) is 9.51. The summed E-state index contributed by atoms with van der Waals surface area (Å²) in [7, 11) is 0. The first-order chi connectivity index (χ1) is 9.16. The number of hydrogen-bond donors (Lipinski definition) is 0. The molecule has 0 radical (unpaired) electrons. The predicted octanol–water partition coefficient (Wildman–Crippen LogP) is 6.96. The van der Waals surface area contributed by atoms with Crippen molar-refractivity contribution in [3.05, 3.63) is 12.2 Å². The highest BCUT2D eigenvalue weighted by Gasteiger charge is 2.18. The van der Waals surface area contributed by atoms with E-state index in [2.05, 4.69) is 62.0 Å². The maximum Gasteiger partial charge on any atom is -0.0234 e. The lowest BCUT2D eigenvalue weighted by Gasteiger charge is -2.26. The third kappa shape index (κ3) is 7.50. The average Bonchev–Trinajstić information content (AvgIpc) is 2.36. The minimum absolute atomic E-state index is 0.673. The molecule has 0 heteroatoms. The van der Waals surface area contributed by atoms with Crippen LogP contribution in [-0.4, -0.2) is 0 Å². The van der Waals surface area contributed by atoms with Gasteiger partial charge in [-0.1, -0.05) is 79.9 Å². The molecule has 0 saturated heterocycles. The number of allylic oxidation sites excluding steroid dienone is 1. The summed E-state index contributed by atoms with van der Waals surface area (Å²) in [6.45, 7) is 23.0. The molecule has 0 spiro atoms. The van der Waals surface area contributed by atoms with E-state index >= 15 is 0 Å². The maximum absolute atomic E-state index is 4.09. The Morgan fingerprint density at radius 3 is 1.75 bits per heavy atom. The summed E-state index contributed by atoms with van der Waals surface area (Å²) in [5.41, 5.74) is 1.34. The SMILES string of the molecule is C=C(C)C(C)CC(C)C(C)CCCC(C)C(C)C(C)C. The third-order valence-electron chi connectivity index (χ3n) is 5.81. The molecule has 0 nitrogen and oxygen atoms in total. The van der Waals surface area contributed by atoms with E-state index in [1.165, 1.54) is 31.3 Å². The van der Waals surface area contributed by atoms with Crippen molar-refractivity contribution in [3.8, 4) is 0 Å². The summed E-state index contributed by atoms with van der Waals surface area (Å²) < 4.78 is 0. The number of rotatable bonds is 10. The molecule has 0 saturated carbocycles. The highest BCUT2D eigenvalue weighted by Crippen LogP contribution is 2.29. The normalized spacial score (nSPS) is 19.4. The van der Waals surface area contributed by atoms with Crippen molar-refractivity contribution >= 4 is 0 Å². The van der Waals surface area contributed by atoms with Crippen molar-refractivity contribution in [1.29, 1.82) is 0 Å². The maximum atomic E-state index is 4.09. The van der Waals surface area contributed by atoms with E-state index in [0.29, 0.717) is 5.92 Å². The summed E-state index contributed by atoms with van der Waals surface area (Å²) in [5, 5.41) is 0. The van der Waals surface area contributed by atoms with Crippen LogP contribution >= 0.6 is 0 Å². The van der Waals surface area contributed by atoms with Gasteiger partial charge in [-0.2, -0.15) is 0 Å². The fourth-order valence-electron chi connectivity index (χ4n) is 2.96. The summed E-state index contributed by atoms with van der Waals surface area (Å²) >= 11 is 0. The molecule has 0 rings (SSSR count). The summed E-state index contributed by atoms with van der Waals surface area (Å²) in [6.07, 6.45) is 5.48. The summed E-state index contributed by atoms with van der Waals surface area (Å²) in [5.74, 6) is 4.88. The van der Waals surface area contributed by atoms with Crippen molar-refractivity contribution in [2.75, 3.05) is 0 Å². The second-order valence-corrected chi connectivity index (χ2v) is 7.95. The highest BCUT2D eigenvalue weighted by atomic mass is 14.2. The van der Waals surface area contributed by atoms with Gasteiger partial charge in [0.25, 0.3) is 0 Å². The van der Waals surface area contributed by atoms with E-state index in [0.717, 1.165) is 29.6 Å². The Morgan fingerprint density at radius 1 is 0.800 bits per heavy atom. The quantitative estimate of drug-likeness (QED) is 0.379. The third-order valence-corrected chi connectivity index (χ3v) is 5.81. The van der Waals surface area contributed by atoms with Crippen LogP contribution in [0.3, 0.4) is 0 Å². The van der Waals surface area contributed by atoms with Crippen LogP contribution in [0.4, 0.5) is 0 Å². The molecule has 0 N–H and O–H groups in total. The van der Waals surface area contributed by atoms with Gasteiger partial charge in [0.05, 0.1) is 0 Å². The Balaban J connectivity index is 3.98. The molecule has 0 aliphatic carbocycles. The second kappa shape index (κ2) is 9.64. The van der Waals surface area contributed by atoms with Gasteiger partial charge < -0.3 is 0 Å². The van der Waals surface area contributed by atoms with Crippen LogP contribution < -0.4 is 0 Å². The smallest absolute Gasteiger partial charge is 0.0234 e. The van der Waals surface area contributed by atoms with Crippen molar-refractivity contribution < 1.29 is 0 Å². The van der Waals surface area contributed by atoms with Gasteiger partial charge in [0.15, 0.2) is 0 Å². The van der Waals surface area contributed by atoms with E-state index in [4.69, 9.17) is 0 Å². The molecule has 5 atom stereocenters. The molecule has 0 aromatic heterocycles. The molecule has 0 aliphatic rings. The first-order valence-corrected chi connectivity index (χ1v) is 8.82. The lowest BCUT2D eigenvalue weighted by atomic mass is 9.80. The zero-order valence-electron chi connectivity index (χ0n) is 15.5. The molecule has 120 valence electrons. The van der Waals surface area contributed by atoms with E-state index in [1.54, 1.807) is 0 Å². The highest BCUT2D eigenvalue weighted by molar-refractivity contribution is 4.94. The van der Waals surface area contributed by atoms with Crippen molar-refractivity contribution in [1.82, 2.24) is 0 Å². The Morgan fingerprint density at radius 2 is 1.30 bits per heavy atom. The van der Waals surface area contributed by atoms with Gasteiger partial charge in [-0.15, -0.1) is 0 Å². The Labute approximate surface area is 129 Å². The van der Waals surface area contributed by atoms with Gasteiger partial charge in [0, 0.05) is 0 Å². The van der Waals surface area contributed by atoms with Gasteiger partial charge in [-0.25, -0.2) is 0 Å². The molecule has 0 heterocycles. The van der Waals surface area contributed by atoms with E-state index in [1.807, 2.05) is 0 Å². The molecular weight excluding hydrogens is 240 g/mol. The van der Waals surface area contributed by atoms with E-state index in [9.17, 15) is 0 Å². The van der Waals surface area contributed by atoms with Gasteiger partial charge in [0.1, 0.15) is 0 Å². The molecular formula is C20H40. The van der Waals surface area contributed by atoms with E-state index < -0.39 is 0 Å². The van der Waals surface area contributed by atoms with Crippen LogP contribution in [0.1, 0.15) is 81.1 Å². The number of hydrogen-bond acceptors (Lipinski definition) is 0. The molecule has 0 bridgehead atoms. The van der Waals surface area contributed by atoms with Gasteiger partial charge in [-0.3, -0.25) is 0 Å². The molecule has 0 aliphatic heterocycles. The van der Waals surface area contributed by atoms with Crippen LogP contribution in [0.2, 0.25) is 0 Å². The van der Waals surface area contributed by atoms with Crippen LogP contribution in [0.15, 0.2) is 12.2 Å². The second-order valence-electron chi connectivity index (χ2n) is 7.95. The van der Waals surface area contributed by atoms with E-state index in [-0.39, 0.29) is 0 Å². The zero-order valence-corrected chi connectivity index (χ0v) is 15.5. The summed E-state index contributed by atoms with van der Waals surface area (Å²) in [4.78, 5) is 0. The molecule has 5 unspecified atom stereocenters. The summed E-state index contributed by atoms with van der Waals surface area (Å²) in [6, 6.07) is 0. The van der Waals surface area contributed by atoms with Crippen LogP contribution in [0.25, 0.3) is 0 Å². The largest absolute Gasteiger partial charge is 0.0999 e. The minimum Gasteiger partial charge on any atom is -0.0999 e. The van der Waals surface area contributed by atoms with Gasteiger partial charge in [-0.05, 0) is 48.9 Å². The predicted molar refractivity (Wildman–Crippen MR) is 93.9 cm³/mol. The molecule has 0 amide bonds. The van der Waals surface area contributed by atoms with Crippen LogP contribution in [-0.2, 0) is 0 Å². The van der Waals surface area contributed by atoms with Crippen molar-refractivity contribution in [2.45, 2.75) is 81.1 Å². The van der Waals surface area contributed by atoms with Gasteiger partial charge >= 0.3 is 0 Å². The first kappa shape index (κ1) is 19.7. The average molecular weight is 281 g/mol. The molecule has 20 heavy (non-hydrogen) atoms. The fourth-order valence-corrected chi connectivity index (χ4v) is 2.96. The van der Waals surface area contributed by atoms with Crippen molar-refractivity contribution in [2.24, 2.45) is 35.5 Å². The lowest BCUT2D eigenvalue weighted by Crippen LogP contribution is -2.16. The minimum atomic E-state index is 0.673. The topological polar surface area (TPSA) is 0 Å². The Bertz CT molecular complexity index is 263. The Hall–Kier alpha value is -0.260.